The second-order valence-electron chi connectivity index (χ2n) is 4.56. The second-order valence-corrected chi connectivity index (χ2v) is 4.83. The highest BCUT2D eigenvalue weighted by Crippen LogP contribution is 2.14. The molecular weight excluding hydrogens is 214 g/mol. The molecule has 0 aliphatic heterocycles. The fourth-order valence-electron chi connectivity index (χ4n) is 0.878. The number of likely N-dealkylation sites (N-methyl/N-ethyl adjacent to an activating group) is 1. The van der Waals surface area contributed by atoms with E-state index in [0.29, 0.717) is 5.88 Å². The monoisotopic (exact) mass is 233 g/mol. The van der Waals surface area contributed by atoms with E-state index in [1.165, 1.54) is 4.90 Å². The van der Waals surface area contributed by atoms with Crippen molar-refractivity contribution < 1.29 is 9.53 Å². The van der Waals surface area contributed by atoms with Gasteiger partial charge >= 0.3 is 6.09 Å². The summed E-state index contributed by atoms with van der Waals surface area (Å²) in [4.78, 5) is 13.1. The van der Waals surface area contributed by atoms with Crippen molar-refractivity contribution in [1.82, 2.24) is 4.90 Å². The minimum absolute atomic E-state index is 0.114. The summed E-state index contributed by atoms with van der Waals surface area (Å²) in [6, 6.07) is -0.114. The van der Waals surface area contributed by atoms with Crippen molar-refractivity contribution in [2.75, 3.05) is 12.9 Å². The van der Waals surface area contributed by atoms with E-state index in [-0.39, 0.29) is 12.1 Å². The molecule has 4 heteroatoms. The number of carbonyl (C=O) groups is 1. The summed E-state index contributed by atoms with van der Waals surface area (Å²) in [6.45, 7) is 11.2. The van der Waals surface area contributed by atoms with Crippen LogP contribution in [0.4, 0.5) is 4.79 Å². The molecule has 0 spiro atoms. The lowest BCUT2D eigenvalue weighted by Gasteiger charge is -2.29. The first-order valence-electron chi connectivity index (χ1n) is 4.88. The Bertz CT molecular complexity index is 245. The Kier molecular flexibility index (Phi) is 5.15. The number of hydrogen-bond donors (Lipinski definition) is 0. The number of alkyl halides is 1. The van der Waals surface area contributed by atoms with Crippen molar-refractivity contribution in [3.05, 3.63) is 12.2 Å². The maximum absolute atomic E-state index is 11.6. The van der Waals surface area contributed by atoms with E-state index >= 15 is 0 Å². The molecule has 0 aliphatic rings. The van der Waals surface area contributed by atoms with Crippen LogP contribution in [0.2, 0.25) is 0 Å². The Morgan fingerprint density at radius 2 is 2.00 bits per heavy atom. The first-order chi connectivity index (χ1) is 6.69. The standard InChI is InChI=1S/C11H20ClNO2/c1-8(7-12)9(2)13(6)10(14)15-11(3,4)5/h9H,1,7H2,2-6H3. The van der Waals surface area contributed by atoms with Crippen molar-refractivity contribution in [3.8, 4) is 0 Å². The molecule has 0 bridgehead atoms. The Hall–Kier alpha value is -0.700. The topological polar surface area (TPSA) is 29.5 Å². The van der Waals surface area contributed by atoms with E-state index in [1.807, 2.05) is 27.7 Å². The average molecular weight is 234 g/mol. The summed E-state index contributed by atoms with van der Waals surface area (Å²) in [5, 5.41) is 0. The largest absolute Gasteiger partial charge is 0.444 e. The molecule has 0 aliphatic carbocycles. The van der Waals surface area contributed by atoms with Gasteiger partial charge in [-0.25, -0.2) is 4.79 Å². The molecule has 88 valence electrons. The lowest BCUT2D eigenvalue weighted by molar-refractivity contribution is 0.0260. The number of hydrogen-bond acceptors (Lipinski definition) is 2. The summed E-state index contributed by atoms with van der Waals surface area (Å²) in [6.07, 6.45) is -0.360. The number of nitrogens with zero attached hydrogens (tertiary/aromatic N) is 1. The third kappa shape index (κ3) is 5.07. The molecule has 0 aromatic rings. The Morgan fingerprint density at radius 3 is 2.33 bits per heavy atom. The zero-order valence-corrected chi connectivity index (χ0v) is 10.9. The summed E-state index contributed by atoms with van der Waals surface area (Å²) in [7, 11) is 1.68. The third-order valence-electron chi connectivity index (χ3n) is 2.02. The number of amides is 1. The van der Waals surface area contributed by atoms with Crippen LogP contribution in [0.25, 0.3) is 0 Å². The van der Waals surface area contributed by atoms with E-state index in [0.717, 1.165) is 5.57 Å². The second kappa shape index (κ2) is 5.40. The molecule has 15 heavy (non-hydrogen) atoms. The molecule has 1 amide bonds. The SMILES string of the molecule is C=C(CCl)C(C)N(C)C(=O)OC(C)(C)C. The molecule has 0 saturated carbocycles. The smallest absolute Gasteiger partial charge is 0.410 e. The molecule has 0 aromatic carbocycles. The van der Waals surface area contributed by atoms with Crippen LogP contribution in [-0.2, 0) is 4.74 Å². The highest BCUT2D eigenvalue weighted by molar-refractivity contribution is 6.19. The average Bonchev–Trinajstić information content (AvgIpc) is 2.11. The van der Waals surface area contributed by atoms with E-state index in [4.69, 9.17) is 16.3 Å². The van der Waals surface area contributed by atoms with E-state index in [2.05, 4.69) is 6.58 Å². The predicted octanol–water partition coefficient (Wildman–Crippen LogP) is 3.04. The van der Waals surface area contributed by atoms with Crippen LogP contribution in [-0.4, -0.2) is 35.6 Å². The Balaban J connectivity index is 4.39. The van der Waals surface area contributed by atoms with Gasteiger partial charge in [0, 0.05) is 12.9 Å². The van der Waals surface area contributed by atoms with Crippen LogP contribution in [0.1, 0.15) is 27.7 Å². The molecule has 0 N–H and O–H groups in total. The number of carbonyl (C=O) groups excluding carboxylic acids is 1. The van der Waals surface area contributed by atoms with Crippen molar-refractivity contribution in [1.29, 1.82) is 0 Å². The summed E-state index contributed by atoms with van der Waals surface area (Å²) in [5.74, 6) is 0.342. The molecule has 1 atom stereocenters. The number of ether oxygens (including phenoxy) is 1. The highest BCUT2D eigenvalue weighted by Gasteiger charge is 2.23. The van der Waals surface area contributed by atoms with Crippen LogP contribution < -0.4 is 0 Å². The zero-order chi connectivity index (χ0) is 12.2. The van der Waals surface area contributed by atoms with Crippen molar-refractivity contribution in [2.45, 2.75) is 39.3 Å². The Morgan fingerprint density at radius 1 is 1.53 bits per heavy atom. The van der Waals surface area contributed by atoms with E-state index < -0.39 is 5.60 Å². The quantitative estimate of drug-likeness (QED) is 0.554. The summed E-state index contributed by atoms with van der Waals surface area (Å²) in [5.41, 5.74) is 0.318. The zero-order valence-electron chi connectivity index (χ0n) is 10.1. The van der Waals surface area contributed by atoms with Gasteiger partial charge < -0.3 is 9.64 Å². The molecule has 1 unspecified atom stereocenters. The van der Waals surface area contributed by atoms with Crippen LogP contribution >= 0.6 is 11.6 Å². The molecule has 0 rings (SSSR count). The molecule has 3 nitrogen and oxygen atoms in total. The lowest BCUT2D eigenvalue weighted by Crippen LogP contribution is -2.40. The molecule has 0 saturated heterocycles. The fraction of sp³-hybridized carbons (Fsp3) is 0.727. The molecule has 0 radical (unpaired) electrons. The fourth-order valence-corrected chi connectivity index (χ4v) is 1.10. The summed E-state index contributed by atoms with van der Waals surface area (Å²) >= 11 is 5.65. The van der Waals surface area contributed by atoms with Crippen LogP contribution in [0.3, 0.4) is 0 Å². The molecule has 0 fully saturated rings. The lowest BCUT2D eigenvalue weighted by atomic mass is 10.1. The molecular formula is C11H20ClNO2. The minimum Gasteiger partial charge on any atom is -0.444 e. The third-order valence-corrected chi connectivity index (χ3v) is 2.37. The molecule has 0 aromatic heterocycles. The first-order valence-corrected chi connectivity index (χ1v) is 5.42. The van der Waals surface area contributed by atoms with Crippen molar-refractivity contribution in [3.63, 3.8) is 0 Å². The van der Waals surface area contributed by atoms with Gasteiger partial charge in [0.2, 0.25) is 0 Å². The highest BCUT2D eigenvalue weighted by atomic mass is 35.5. The van der Waals surface area contributed by atoms with Crippen molar-refractivity contribution in [2.24, 2.45) is 0 Å². The van der Waals surface area contributed by atoms with Crippen LogP contribution in [0.15, 0.2) is 12.2 Å². The van der Waals surface area contributed by atoms with E-state index in [1.54, 1.807) is 7.05 Å². The van der Waals surface area contributed by atoms with Gasteiger partial charge in [-0.1, -0.05) is 6.58 Å². The Labute approximate surface area is 97.0 Å². The molecule has 0 heterocycles. The van der Waals surface area contributed by atoms with Gasteiger partial charge in [-0.2, -0.15) is 0 Å². The number of rotatable bonds is 3. The minimum atomic E-state index is -0.479. The number of halogens is 1. The van der Waals surface area contributed by atoms with Crippen LogP contribution in [0, 0.1) is 0 Å². The van der Waals surface area contributed by atoms with Gasteiger partial charge in [0.15, 0.2) is 0 Å². The first kappa shape index (κ1) is 14.3. The van der Waals surface area contributed by atoms with Gasteiger partial charge in [-0.05, 0) is 33.3 Å². The normalized spacial score (nSPS) is 13.2. The summed E-state index contributed by atoms with van der Waals surface area (Å²) < 4.78 is 5.22. The predicted molar refractivity (Wildman–Crippen MR) is 63.3 cm³/mol. The van der Waals surface area contributed by atoms with Gasteiger partial charge in [-0.15, -0.1) is 11.6 Å². The van der Waals surface area contributed by atoms with E-state index in [9.17, 15) is 4.79 Å². The van der Waals surface area contributed by atoms with Crippen molar-refractivity contribution >= 4 is 17.7 Å². The van der Waals surface area contributed by atoms with Gasteiger partial charge in [0.05, 0.1) is 6.04 Å². The van der Waals surface area contributed by atoms with Gasteiger partial charge in [0.25, 0.3) is 0 Å². The maximum Gasteiger partial charge on any atom is 0.410 e. The van der Waals surface area contributed by atoms with Gasteiger partial charge in [-0.3, -0.25) is 0 Å². The van der Waals surface area contributed by atoms with Gasteiger partial charge in [0.1, 0.15) is 5.60 Å². The van der Waals surface area contributed by atoms with Crippen LogP contribution in [0.5, 0.6) is 0 Å². The maximum atomic E-state index is 11.6.